The van der Waals surface area contributed by atoms with Crippen molar-refractivity contribution in [2.75, 3.05) is 7.11 Å². The van der Waals surface area contributed by atoms with Crippen molar-refractivity contribution in [3.63, 3.8) is 0 Å². The summed E-state index contributed by atoms with van der Waals surface area (Å²) in [6.07, 6.45) is 0.469. The molecule has 0 N–H and O–H groups in total. The van der Waals surface area contributed by atoms with E-state index >= 15 is 0 Å². The van der Waals surface area contributed by atoms with Crippen LogP contribution in [0.1, 0.15) is 15.9 Å². The molecule has 0 spiro atoms. The number of methoxy groups -OCH3 is 1. The van der Waals surface area contributed by atoms with Crippen molar-refractivity contribution in [3.05, 3.63) is 29.3 Å². The third-order valence-corrected chi connectivity index (χ3v) is 1.73. The van der Waals surface area contributed by atoms with E-state index in [0.29, 0.717) is 12.9 Å². The van der Waals surface area contributed by atoms with Crippen molar-refractivity contribution in [1.82, 2.24) is 0 Å². The molecule has 0 heterocycles. The molecule has 0 fully saturated rings. The monoisotopic (exact) mass is 216 g/mol. The van der Waals surface area contributed by atoms with Gasteiger partial charge in [-0.25, -0.2) is 0 Å². The van der Waals surface area contributed by atoms with Gasteiger partial charge >= 0.3 is 6.61 Å². The Morgan fingerprint density at radius 3 is 2.73 bits per heavy atom. The Bertz CT molecular complexity index is 339. The summed E-state index contributed by atoms with van der Waals surface area (Å²) < 4.78 is 32.9. The van der Waals surface area contributed by atoms with Crippen LogP contribution in [-0.2, 0) is 11.3 Å². The number of benzene rings is 1. The van der Waals surface area contributed by atoms with Crippen LogP contribution in [-0.4, -0.2) is 20.0 Å². The van der Waals surface area contributed by atoms with Crippen LogP contribution in [0.2, 0.25) is 0 Å². The molecule has 0 amide bonds. The Morgan fingerprint density at radius 2 is 2.20 bits per heavy atom. The number of alkyl halides is 2. The fraction of sp³-hybridized carbons (Fsp3) is 0.300. The van der Waals surface area contributed by atoms with Crippen LogP contribution >= 0.6 is 0 Å². The van der Waals surface area contributed by atoms with Gasteiger partial charge in [-0.05, 0) is 17.7 Å². The molecule has 15 heavy (non-hydrogen) atoms. The molecule has 0 saturated heterocycles. The van der Waals surface area contributed by atoms with Crippen LogP contribution in [0, 0.1) is 0 Å². The number of hydrogen-bond donors (Lipinski definition) is 0. The fourth-order valence-corrected chi connectivity index (χ4v) is 1.15. The number of carbonyl (C=O) groups excluding carboxylic acids is 1. The molecular weight excluding hydrogens is 206 g/mol. The van der Waals surface area contributed by atoms with Gasteiger partial charge < -0.3 is 9.47 Å². The maximum atomic E-state index is 11.9. The summed E-state index contributed by atoms with van der Waals surface area (Å²) in [4.78, 5) is 10.6. The zero-order valence-electron chi connectivity index (χ0n) is 8.07. The van der Waals surface area contributed by atoms with Gasteiger partial charge in [0.15, 0.2) is 6.29 Å². The summed E-state index contributed by atoms with van der Waals surface area (Å²) >= 11 is 0. The maximum Gasteiger partial charge on any atom is 0.387 e. The lowest BCUT2D eigenvalue weighted by Crippen LogP contribution is -2.04. The second-order valence-electron chi connectivity index (χ2n) is 2.80. The lowest BCUT2D eigenvalue weighted by molar-refractivity contribution is -0.0500. The Labute approximate surface area is 85.6 Å². The highest BCUT2D eigenvalue weighted by Crippen LogP contribution is 2.20. The van der Waals surface area contributed by atoms with Gasteiger partial charge in [0.05, 0.1) is 12.2 Å². The van der Waals surface area contributed by atoms with Gasteiger partial charge in [-0.1, -0.05) is 6.07 Å². The molecule has 0 radical (unpaired) electrons. The van der Waals surface area contributed by atoms with E-state index in [4.69, 9.17) is 4.74 Å². The van der Waals surface area contributed by atoms with Gasteiger partial charge in [0.1, 0.15) is 5.75 Å². The minimum absolute atomic E-state index is 0.0878. The second kappa shape index (κ2) is 5.41. The molecule has 0 aliphatic carbocycles. The molecule has 0 saturated carbocycles. The van der Waals surface area contributed by atoms with E-state index in [0.717, 1.165) is 5.56 Å². The summed E-state index contributed by atoms with van der Waals surface area (Å²) in [5, 5.41) is 0. The molecule has 5 heteroatoms. The van der Waals surface area contributed by atoms with E-state index in [-0.39, 0.29) is 11.3 Å². The van der Waals surface area contributed by atoms with Crippen molar-refractivity contribution in [2.24, 2.45) is 0 Å². The molecule has 0 aliphatic heterocycles. The lowest BCUT2D eigenvalue weighted by atomic mass is 10.1. The van der Waals surface area contributed by atoms with E-state index in [1.54, 1.807) is 6.07 Å². The number of aldehydes is 1. The van der Waals surface area contributed by atoms with Crippen LogP contribution in [0.25, 0.3) is 0 Å². The quantitative estimate of drug-likeness (QED) is 0.708. The van der Waals surface area contributed by atoms with Gasteiger partial charge in [-0.15, -0.1) is 0 Å². The second-order valence-corrected chi connectivity index (χ2v) is 2.80. The van der Waals surface area contributed by atoms with E-state index in [1.165, 1.54) is 19.2 Å². The Kier molecular flexibility index (Phi) is 4.17. The third-order valence-electron chi connectivity index (χ3n) is 1.73. The fourth-order valence-electron chi connectivity index (χ4n) is 1.15. The molecule has 0 aliphatic rings. The largest absolute Gasteiger partial charge is 0.434 e. The van der Waals surface area contributed by atoms with Crippen molar-refractivity contribution in [1.29, 1.82) is 0 Å². The standard InChI is InChI=1S/C10H10F2O3/c1-14-6-7-2-3-9(15-10(11)12)8(4-7)5-13/h2-5,10H,6H2,1H3. The summed E-state index contributed by atoms with van der Waals surface area (Å²) in [6.45, 7) is -2.62. The molecule has 1 aromatic rings. The molecule has 1 rings (SSSR count). The smallest absolute Gasteiger partial charge is 0.387 e. The minimum atomic E-state index is -2.93. The first-order valence-corrected chi connectivity index (χ1v) is 4.19. The number of hydrogen-bond acceptors (Lipinski definition) is 3. The summed E-state index contributed by atoms with van der Waals surface area (Å²) in [7, 11) is 1.50. The average molecular weight is 216 g/mol. The predicted octanol–water partition coefficient (Wildman–Crippen LogP) is 2.25. The molecular formula is C10H10F2O3. The maximum absolute atomic E-state index is 11.9. The van der Waals surface area contributed by atoms with E-state index in [9.17, 15) is 13.6 Å². The predicted molar refractivity (Wildman–Crippen MR) is 49.2 cm³/mol. The van der Waals surface area contributed by atoms with Crippen LogP contribution in [0.4, 0.5) is 8.78 Å². The zero-order valence-corrected chi connectivity index (χ0v) is 8.07. The highest BCUT2D eigenvalue weighted by molar-refractivity contribution is 5.79. The molecule has 3 nitrogen and oxygen atoms in total. The first-order chi connectivity index (χ1) is 7.17. The normalized spacial score (nSPS) is 10.4. The van der Waals surface area contributed by atoms with Crippen LogP contribution in [0.5, 0.6) is 5.75 Å². The lowest BCUT2D eigenvalue weighted by Gasteiger charge is -2.08. The molecule has 0 bridgehead atoms. The summed E-state index contributed by atoms with van der Waals surface area (Å²) in [5.41, 5.74) is 0.811. The molecule has 82 valence electrons. The molecule has 0 aromatic heterocycles. The van der Waals surface area contributed by atoms with Gasteiger partial charge in [0, 0.05) is 7.11 Å². The van der Waals surface area contributed by atoms with E-state index < -0.39 is 6.61 Å². The number of ether oxygens (including phenoxy) is 2. The van der Waals surface area contributed by atoms with Crippen LogP contribution < -0.4 is 4.74 Å². The van der Waals surface area contributed by atoms with E-state index in [2.05, 4.69) is 4.74 Å². The van der Waals surface area contributed by atoms with Crippen LogP contribution in [0.3, 0.4) is 0 Å². The van der Waals surface area contributed by atoms with Gasteiger partial charge in [0.25, 0.3) is 0 Å². The first-order valence-electron chi connectivity index (χ1n) is 4.19. The number of halogens is 2. The van der Waals surface area contributed by atoms with Crippen molar-refractivity contribution >= 4 is 6.29 Å². The van der Waals surface area contributed by atoms with Gasteiger partial charge in [-0.2, -0.15) is 8.78 Å². The highest BCUT2D eigenvalue weighted by Gasteiger charge is 2.09. The molecule has 0 unspecified atom stereocenters. The zero-order chi connectivity index (χ0) is 11.3. The van der Waals surface area contributed by atoms with Gasteiger partial charge in [-0.3, -0.25) is 4.79 Å². The third kappa shape index (κ3) is 3.28. The van der Waals surface area contributed by atoms with Crippen LogP contribution in [0.15, 0.2) is 18.2 Å². The summed E-state index contributed by atoms with van der Waals surface area (Å²) in [5.74, 6) is -0.125. The minimum Gasteiger partial charge on any atom is -0.434 e. The van der Waals surface area contributed by atoms with Crippen molar-refractivity contribution < 1.29 is 23.0 Å². The number of rotatable bonds is 5. The average Bonchev–Trinajstić information content (AvgIpc) is 2.20. The van der Waals surface area contributed by atoms with Crippen molar-refractivity contribution in [2.45, 2.75) is 13.2 Å². The summed E-state index contributed by atoms with van der Waals surface area (Å²) in [6, 6.07) is 4.34. The van der Waals surface area contributed by atoms with Gasteiger partial charge in [0.2, 0.25) is 0 Å². The molecule has 1 aromatic carbocycles. The SMILES string of the molecule is COCc1ccc(OC(F)F)c(C=O)c1. The Balaban J connectivity index is 2.93. The van der Waals surface area contributed by atoms with Crippen molar-refractivity contribution in [3.8, 4) is 5.75 Å². The van der Waals surface area contributed by atoms with E-state index in [1.807, 2.05) is 0 Å². The highest BCUT2D eigenvalue weighted by atomic mass is 19.3. The topological polar surface area (TPSA) is 35.5 Å². The molecule has 0 atom stereocenters. The first kappa shape index (κ1) is 11.6. The number of carbonyl (C=O) groups is 1. The Hall–Kier alpha value is -1.49. The Morgan fingerprint density at radius 1 is 1.47 bits per heavy atom.